The monoisotopic (exact) mass is 364 g/mol. The van der Waals surface area contributed by atoms with Crippen molar-refractivity contribution >= 4 is 34.8 Å². The molecule has 1 N–H and O–H groups in total. The van der Waals surface area contributed by atoms with E-state index in [1.165, 1.54) is 11.6 Å². The number of hydrogen-bond acceptors (Lipinski definition) is 5. The van der Waals surface area contributed by atoms with Crippen molar-refractivity contribution in [2.45, 2.75) is 33.2 Å². The molecule has 0 radical (unpaired) electrons. The van der Waals surface area contributed by atoms with E-state index in [1.807, 2.05) is 0 Å². The van der Waals surface area contributed by atoms with Crippen LogP contribution in [0.2, 0.25) is 5.02 Å². The second-order valence-electron chi connectivity index (χ2n) is 5.49. The number of benzene rings is 1. The van der Waals surface area contributed by atoms with Crippen LogP contribution in [0.3, 0.4) is 0 Å². The van der Waals surface area contributed by atoms with Crippen molar-refractivity contribution < 1.29 is 14.5 Å². The average Bonchev–Trinajstić information content (AvgIpc) is 2.84. The van der Waals surface area contributed by atoms with Crippen LogP contribution < -0.4 is 5.32 Å². The Morgan fingerprint density at radius 1 is 1.32 bits per heavy atom. The minimum absolute atomic E-state index is 0.0139. The third kappa shape index (κ3) is 4.63. The van der Waals surface area contributed by atoms with E-state index in [0.29, 0.717) is 29.9 Å². The summed E-state index contributed by atoms with van der Waals surface area (Å²) in [7, 11) is 0. The molecule has 1 aromatic heterocycles. The van der Waals surface area contributed by atoms with Crippen molar-refractivity contribution in [3.63, 3.8) is 0 Å². The van der Waals surface area contributed by atoms with Crippen LogP contribution in [0.4, 0.5) is 11.5 Å². The van der Waals surface area contributed by atoms with Gasteiger partial charge in [0.1, 0.15) is 0 Å². The van der Waals surface area contributed by atoms with Crippen molar-refractivity contribution in [3.8, 4) is 0 Å². The lowest BCUT2D eigenvalue weighted by molar-refractivity contribution is -0.389. The molecule has 0 unspecified atom stereocenters. The first-order chi connectivity index (χ1) is 11.8. The Balaban J connectivity index is 1.87. The van der Waals surface area contributed by atoms with Gasteiger partial charge < -0.3 is 15.4 Å². The standard InChI is InChI=1S/C16H17ClN4O4/c1-10-15(17)16(21(24)25)19-20(10)9-3-4-14(23)18-13-7-5-12(6-8-13)11(2)22/h5-8H,3-4,9H2,1-2H3,(H,18,23). The SMILES string of the molecule is CC(=O)c1ccc(NC(=O)CCCn2nc([N+](=O)[O-])c(Cl)c2C)cc1. The number of rotatable bonds is 7. The van der Waals surface area contributed by atoms with E-state index in [4.69, 9.17) is 11.6 Å². The highest BCUT2D eigenvalue weighted by Gasteiger charge is 2.23. The number of nitro groups is 1. The molecular weight excluding hydrogens is 348 g/mol. The zero-order valence-corrected chi connectivity index (χ0v) is 14.5. The Labute approximate surface area is 148 Å². The number of Topliss-reactive ketones (excluding diaryl/α,β-unsaturated/α-hetero) is 1. The van der Waals surface area contributed by atoms with Crippen LogP contribution in [0.1, 0.15) is 35.8 Å². The number of amides is 1. The average molecular weight is 365 g/mol. The molecule has 0 aliphatic carbocycles. The van der Waals surface area contributed by atoms with Crippen LogP contribution in [0.5, 0.6) is 0 Å². The lowest BCUT2D eigenvalue weighted by atomic mass is 10.1. The molecule has 0 bridgehead atoms. The van der Waals surface area contributed by atoms with E-state index in [1.54, 1.807) is 31.2 Å². The summed E-state index contributed by atoms with van der Waals surface area (Å²) in [5.74, 6) is -0.615. The summed E-state index contributed by atoms with van der Waals surface area (Å²) in [6.07, 6.45) is 0.673. The predicted molar refractivity (Wildman–Crippen MR) is 92.9 cm³/mol. The number of nitrogens with zero attached hydrogens (tertiary/aromatic N) is 3. The van der Waals surface area contributed by atoms with Crippen LogP contribution in [0.25, 0.3) is 0 Å². The van der Waals surface area contributed by atoms with Crippen LogP contribution in [-0.2, 0) is 11.3 Å². The predicted octanol–water partition coefficient (Wildman–Crippen LogP) is 3.37. The molecule has 2 aromatic rings. The molecular formula is C16H17ClN4O4. The first-order valence-corrected chi connectivity index (χ1v) is 7.95. The summed E-state index contributed by atoms with van der Waals surface area (Å²) < 4.78 is 1.43. The molecule has 0 fully saturated rings. The lowest BCUT2D eigenvalue weighted by Crippen LogP contribution is -2.13. The number of aromatic nitrogens is 2. The summed E-state index contributed by atoms with van der Waals surface area (Å²) in [5.41, 5.74) is 1.67. The molecule has 0 saturated heterocycles. The second-order valence-corrected chi connectivity index (χ2v) is 5.87. The Morgan fingerprint density at radius 3 is 2.48 bits per heavy atom. The van der Waals surface area contributed by atoms with Gasteiger partial charge in [0.05, 0.1) is 17.3 Å². The summed E-state index contributed by atoms with van der Waals surface area (Å²) in [6, 6.07) is 6.61. The number of carbonyl (C=O) groups excluding carboxylic acids is 2. The molecule has 0 saturated carbocycles. The number of halogens is 1. The van der Waals surface area contributed by atoms with Gasteiger partial charge in [-0.15, -0.1) is 0 Å². The van der Waals surface area contributed by atoms with Gasteiger partial charge in [0, 0.05) is 17.7 Å². The summed E-state index contributed by atoms with van der Waals surface area (Å²) in [5, 5.41) is 17.4. The van der Waals surface area contributed by atoms with E-state index in [-0.39, 0.29) is 29.0 Å². The molecule has 1 amide bonds. The van der Waals surface area contributed by atoms with Crippen molar-refractivity contribution in [2.24, 2.45) is 0 Å². The first kappa shape index (κ1) is 18.6. The van der Waals surface area contributed by atoms with Crippen molar-refractivity contribution in [3.05, 3.63) is 50.7 Å². The third-order valence-electron chi connectivity index (χ3n) is 3.64. The van der Waals surface area contributed by atoms with Gasteiger partial charge in [-0.2, -0.15) is 4.68 Å². The molecule has 2 rings (SSSR count). The zero-order valence-electron chi connectivity index (χ0n) is 13.8. The topological polar surface area (TPSA) is 107 Å². The Morgan fingerprint density at radius 2 is 1.96 bits per heavy atom. The lowest BCUT2D eigenvalue weighted by Gasteiger charge is -2.05. The van der Waals surface area contributed by atoms with Crippen molar-refractivity contribution in [1.82, 2.24) is 9.78 Å². The molecule has 8 nitrogen and oxygen atoms in total. The maximum Gasteiger partial charge on any atom is 0.408 e. The van der Waals surface area contributed by atoms with Gasteiger partial charge in [0.2, 0.25) is 5.91 Å². The van der Waals surface area contributed by atoms with Gasteiger partial charge >= 0.3 is 5.82 Å². The number of hydrogen-bond donors (Lipinski definition) is 1. The molecule has 0 aliphatic heterocycles. The minimum atomic E-state index is -0.636. The van der Waals surface area contributed by atoms with Gasteiger partial charge in [-0.25, -0.2) is 0 Å². The van der Waals surface area contributed by atoms with Gasteiger partial charge in [0.25, 0.3) is 0 Å². The van der Waals surface area contributed by atoms with Gasteiger partial charge in [-0.05, 0) is 49.5 Å². The summed E-state index contributed by atoms with van der Waals surface area (Å²) >= 11 is 5.86. The maximum absolute atomic E-state index is 11.9. The second kappa shape index (κ2) is 7.89. The summed E-state index contributed by atoms with van der Waals surface area (Å²) in [6.45, 7) is 3.45. The molecule has 0 atom stereocenters. The van der Waals surface area contributed by atoms with Gasteiger partial charge in [-0.1, -0.05) is 11.6 Å². The Bertz CT molecular complexity index is 814. The third-order valence-corrected chi connectivity index (χ3v) is 4.08. The number of aryl methyl sites for hydroxylation is 1. The van der Waals surface area contributed by atoms with Gasteiger partial charge in [-0.3, -0.25) is 9.59 Å². The molecule has 132 valence electrons. The quantitative estimate of drug-likeness (QED) is 0.460. The van der Waals surface area contributed by atoms with E-state index in [2.05, 4.69) is 10.4 Å². The largest absolute Gasteiger partial charge is 0.408 e. The van der Waals surface area contributed by atoms with E-state index >= 15 is 0 Å². The molecule has 25 heavy (non-hydrogen) atoms. The fourth-order valence-electron chi connectivity index (χ4n) is 2.24. The molecule has 0 aliphatic rings. The van der Waals surface area contributed by atoms with Gasteiger partial charge in [0.15, 0.2) is 10.8 Å². The Hall–Kier alpha value is -2.74. The first-order valence-electron chi connectivity index (χ1n) is 7.57. The van der Waals surface area contributed by atoms with E-state index in [0.717, 1.165) is 0 Å². The fraction of sp³-hybridized carbons (Fsp3) is 0.312. The minimum Gasteiger partial charge on any atom is -0.358 e. The summed E-state index contributed by atoms with van der Waals surface area (Å²) in [4.78, 5) is 33.3. The Kier molecular flexibility index (Phi) is 5.87. The molecule has 1 heterocycles. The zero-order chi connectivity index (χ0) is 18.6. The van der Waals surface area contributed by atoms with E-state index < -0.39 is 4.92 Å². The highest BCUT2D eigenvalue weighted by atomic mass is 35.5. The number of ketones is 1. The van der Waals surface area contributed by atoms with Crippen LogP contribution >= 0.6 is 11.6 Å². The highest BCUT2D eigenvalue weighted by molar-refractivity contribution is 6.33. The normalized spacial score (nSPS) is 10.5. The van der Waals surface area contributed by atoms with Crippen molar-refractivity contribution in [2.75, 3.05) is 5.32 Å². The van der Waals surface area contributed by atoms with Crippen LogP contribution in [0.15, 0.2) is 24.3 Å². The highest BCUT2D eigenvalue weighted by Crippen LogP contribution is 2.26. The number of nitrogens with one attached hydrogen (secondary N) is 1. The fourth-order valence-corrected chi connectivity index (χ4v) is 2.45. The maximum atomic E-state index is 11.9. The van der Waals surface area contributed by atoms with Crippen molar-refractivity contribution in [1.29, 1.82) is 0 Å². The smallest absolute Gasteiger partial charge is 0.358 e. The molecule has 9 heteroatoms. The molecule has 0 spiro atoms. The number of anilines is 1. The van der Waals surface area contributed by atoms with Crippen LogP contribution in [0, 0.1) is 17.0 Å². The van der Waals surface area contributed by atoms with Crippen LogP contribution in [-0.4, -0.2) is 26.4 Å². The number of carbonyl (C=O) groups is 2. The van der Waals surface area contributed by atoms with E-state index in [9.17, 15) is 19.7 Å². The molecule has 1 aromatic carbocycles.